The van der Waals surface area contributed by atoms with Crippen LogP contribution < -0.4 is 15.1 Å². The van der Waals surface area contributed by atoms with Crippen molar-refractivity contribution in [2.75, 3.05) is 28.2 Å². The zero-order chi connectivity index (χ0) is 23.5. The fraction of sp³-hybridized carbons (Fsp3) is 0.346. The molecule has 0 fully saturated rings. The number of anilines is 3. The van der Waals surface area contributed by atoms with Crippen LogP contribution in [0.25, 0.3) is 0 Å². The first kappa shape index (κ1) is 22.6. The van der Waals surface area contributed by atoms with Gasteiger partial charge in [-0.25, -0.2) is 4.68 Å². The molecule has 2 aromatic carbocycles. The Bertz CT molecular complexity index is 1160. The van der Waals surface area contributed by atoms with E-state index in [2.05, 4.69) is 35.2 Å². The van der Waals surface area contributed by atoms with Crippen molar-refractivity contribution in [3.05, 3.63) is 70.9 Å². The Labute approximate surface area is 195 Å². The minimum Gasteiger partial charge on any atom is -0.372 e. The molecule has 0 radical (unpaired) electrons. The van der Waals surface area contributed by atoms with Crippen molar-refractivity contribution in [1.29, 1.82) is 0 Å². The molecule has 2 heterocycles. The molecular formula is C26H31N5O2. The van der Waals surface area contributed by atoms with Gasteiger partial charge in [0.1, 0.15) is 5.82 Å². The number of benzene rings is 2. The molecule has 0 bridgehead atoms. The van der Waals surface area contributed by atoms with Crippen LogP contribution in [0, 0.1) is 13.8 Å². The largest absolute Gasteiger partial charge is 0.372 e. The summed E-state index contributed by atoms with van der Waals surface area (Å²) in [5.74, 6) is 0.769. The average Bonchev–Trinajstić information content (AvgIpc) is 3.19. The second-order valence-electron chi connectivity index (χ2n) is 8.42. The van der Waals surface area contributed by atoms with Crippen molar-refractivity contribution in [3.63, 3.8) is 0 Å². The lowest BCUT2D eigenvalue weighted by Gasteiger charge is -2.27. The second-order valence-corrected chi connectivity index (χ2v) is 8.42. The van der Waals surface area contributed by atoms with Crippen LogP contribution in [0.1, 0.15) is 47.4 Å². The number of hydrogen-bond acceptors (Lipinski definition) is 4. The van der Waals surface area contributed by atoms with Gasteiger partial charge in [0, 0.05) is 42.5 Å². The third-order valence-electron chi connectivity index (χ3n) is 6.14. The fourth-order valence-electron chi connectivity index (χ4n) is 4.26. The zero-order valence-corrected chi connectivity index (χ0v) is 19.8. The molecule has 0 saturated heterocycles. The normalized spacial score (nSPS) is 13.1. The first-order valence-electron chi connectivity index (χ1n) is 11.5. The van der Waals surface area contributed by atoms with Crippen molar-refractivity contribution < 1.29 is 9.59 Å². The van der Waals surface area contributed by atoms with Gasteiger partial charge in [-0.05, 0) is 69.2 Å². The van der Waals surface area contributed by atoms with E-state index < -0.39 is 0 Å². The maximum Gasteiger partial charge on any atom is 0.255 e. The third-order valence-corrected chi connectivity index (χ3v) is 6.14. The lowest BCUT2D eigenvalue weighted by molar-refractivity contribution is -0.119. The minimum atomic E-state index is -0.150. The summed E-state index contributed by atoms with van der Waals surface area (Å²) in [6.45, 7) is 11.2. The van der Waals surface area contributed by atoms with Gasteiger partial charge in [0.05, 0.1) is 18.8 Å². The molecular weight excluding hydrogens is 414 g/mol. The fourth-order valence-corrected chi connectivity index (χ4v) is 4.26. The Morgan fingerprint density at radius 3 is 2.45 bits per heavy atom. The number of aromatic nitrogens is 2. The summed E-state index contributed by atoms with van der Waals surface area (Å²) in [7, 11) is 0. The van der Waals surface area contributed by atoms with Gasteiger partial charge in [-0.3, -0.25) is 14.5 Å². The van der Waals surface area contributed by atoms with Gasteiger partial charge in [0.25, 0.3) is 5.91 Å². The summed E-state index contributed by atoms with van der Waals surface area (Å²) in [4.78, 5) is 29.4. The zero-order valence-electron chi connectivity index (χ0n) is 19.8. The van der Waals surface area contributed by atoms with Gasteiger partial charge >= 0.3 is 0 Å². The molecule has 4 rings (SSSR count). The highest BCUT2D eigenvalue weighted by molar-refractivity contribution is 6.04. The van der Waals surface area contributed by atoms with E-state index in [-0.39, 0.29) is 11.8 Å². The Balaban J connectivity index is 1.44. The molecule has 2 amide bonds. The molecule has 3 aromatic rings. The highest BCUT2D eigenvalue weighted by Gasteiger charge is 2.25. The monoisotopic (exact) mass is 445 g/mol. The van der Waals surface area contributed by atoms with E-state index >= 15 is 0 Å². The molecule has 7 nitrogen and oxygen atoms in total. The Hall–Kier alpha value is -3.61. The number of nitrogens with one attached hydrogen (secondary N) is 1. The lowest BCUT2D eigenvalue weighted by atomic mass is 10.1. The van der Waals surface area contributed by atoms with Gasteiger partial charge in [-0.15, -0.1) is 0 Å². The molecule has 1 aliphatic rings. The van der Waals surface area contributed by atoms with Gasteiger partial charge < -0.3 is 10.2 Å². The van der Waals surface area contributed by atoms with Gasteiger partial charge in [0.2, 0.25) is 5.91 Å². The SMILES string of the molecule is CCN(CC)c1ccc(NC(=O)c2ccc(CN3C(=O)CCn4nc(C)cc43)cc2)c(C)c1. The number of rotatable bonds is 7. The summed E-state index contributed by atoms with van der Waals surface area (Å²) >= 11 is 0. The predicted molar refractivity (Wildman–Crippen MR) is 132 cm³/mol. The Kier molecular flexibility index (Phi) is 6.49. The number of nitrogens with zero attached hydrogens (tertiary/aromatic N) is 4. The summed E-state index contributed by atoms with van der Waals surface area (Å²) < 4.78 is 1.88. The predicted octanol–water partition coefficient (Wildman–Crippen LogP) is 4.54. The maximum atomic E-state index is 12.8. The molecule has 0 unspecified atom stereocenters. The van der Waals surface area contributed by atoms with Crippen molar-refractivity contribution in [1.82, 2.24) is 9.78 Å². The number of carbonyl (C=O) groups excluding carboxylic acids is 2. The van der Waals surface area contributed by atoms with E-state index in [1.54, 1.807) is 17.0 Å². The van der Waals surface area contributed by atoms with E-state index in [9.17, 15) is 9.59 Å². The van der Waals surface area contributed by atoms with Crippen LogP contribution >= 0.6 is 0 Å². The topological polar surface area (TPSA) is 70.5 Å². The van der Waals surface area contributed by atoms with E-state index in [1.807, 2.05) is 48.9 Å². The third kappa shape index (κ3) is 4.77. The molecule has 7 heteroatoms. The van der Waals surface area contributed by atoms with Gasteiger partial charge in [-0.1, -0.05) is 12.1 Å². The summed E-state index contributed by atoms with van der Waals surface area (Å²) in [6.07, 6.45) is 0.445. The van der Waals surface area contributed by atoms with Crippen LogP contribution in [0.4, 0.5) is 17.2 Å². The van der Waals surface area contributed by atoms with Crippen LogP contribution in [0.5, 0.6) is 0 Å². The summed E-state index contributed by atoms with van der Waals surface area (Å²) in [5, 5.41) is 7.47. The molecule has 172 valence electrons. The molecule has 0 atom stereocenters. The molecule has 0 aliphatic carbocycles. The number of carbonyl (C=O) groups is 2. The van der Waals surface area contributed by atoms with Crippen molar-refractivity contribution >= 4 is 29.0 Å². The smallest absolute Gasteiger partial charge is 0.255 e. The van der Waals surface area contributed by atoms with Crippen LogP contribution in [0.15, 0.2) is 48.5 Å². The maximum absolute atomic E-state index is 12.8. The van der Waals surface area contributed by atoms with E-state index in [0.29, 0.717) is 25.1 Å². The minimum absolute atomic E-state index is 0.0906. The number of hydrogen-bond donors (Lipinski definition) is 1. The lowest BCUT2D eigenvalue weighted by Crippen LogP contribution is -2.36. The van der Waals surface area contributed by atoms with Crippen molar-refractivity contribution in [2.24, 2.45) is 0 Å². The summed E-state index contributed by atoms with van der Waals surface area (Å²) in [5.41, 5.74) is 5.44. The average molecular weight is 446 g/mol. The quantitative estimate of drug-likeness (QED) is 0.580. The Morgan fingerprint density at radius 2 is 1.79 bits per heavy atom. The first-order chi connectivity index (χ1) is 15.9. The van der Waals surface area contributed by atoms with Crippen LogP contribution in [0.2, 0.25) is 0 Å². The van der Waals surface area contributed by atoms with Crippen molar-refractivity contribution in [3.8, 4) is 0 Å². The molecule has 0 saturated carbocycles. The van der Waals surface area contributed by atoms with E-state index in [1.165, 1.54) is 0 Å². The van der Waals surface area contributed by atoms with Gasteiger partial charge in [0.15, 0.2) is 0 Å². The number of amides is 2. The van der Waals surface area contributed by atoms with Crippen LogP contribution in [-0.2, 0) is 17.9 Å². The van der Waals surface area contributed by atoms with Crippen molar-refractivity contribution in [2.45, 2.75) is 47.2 Å². The van der Waals surface area contributed by atoms with E-state index in [0.717, 1.165) is 47.1 Å². The number of fused-ring (bicyclic) bond motifs is 1. The van der Waals surface area contributed by atoms with Crippen LogP contribution in [-0.4, -0.2) is 34.7 Å². The highest BCUT2D eigenvalue weighted by Crippen LogP contribution is 2.25. The first-order valence-corrected chi connectivity index (χ1v) is 11.5. The Morgan fingerprint density at radius 1 is 1.06 bits per heavy atom. The molecule has 1 N–H and O–H groups in total. The molecule has 1 aromatic heterocycles. The van der Waals surface area contributed by atoms with Gasteiger partial charge in [-0.2, -0.15) is 5.10 Å². The molecule has 1 aliphatic heterocycles. The molecule has 0 spiro atoms. The molecule has 33 heavy (non-hydrogen) atoms. The summed E-state index contributed by atoms with van der Waals surface area (Å²) in [6, 6.07) is 15.5. The highest BCUT2D eigenvalue weighted by atomic mass is 16.2. The van der Waals surface area contributed by atoms with E-state index in [4.69, 9.17) is 0 Å². The number of aryl methyl sites for hydroxylation is 3. The van der Waals surface area contributed by atoms with Crippen LogP contribution in [0.3, 0.4) is 0 Å². The second kappa shape index (κ2) is 9.48. The standard InChI is InChI=1S/C26H31N5O2/c1-5-29(6-2)22-11-12-23(18(3)15-22)27-26(33)21-9-7-20(8-10-21)17-30-24-16-19(4)28-31(24)14-13-25(30)32/h7-12,15-16H,5-6,13-14,17H2,1-4H3,(H,27,33).